The predicted molar refractivity (Wildman–Crippen MR) is 69.9 cm³/mol. The number of carbonyl (C=O) groups is 1. The number of rotatable bonds is 4. The van der Waals surface area contributed by atoms with Crippen LogP contribution in [0.4, 0.5) is 0 Å². The minimum atomic E-state index is 0.396. The van der Waals surface area contributed by atoms with E-state index in [1.807, 2.05) is 0 Å². The van der Waals surface area contributed by atoms with E-state index >= 15 is 0 Å². The van der Waals surface area contributed by atoms with Crippen LogP contribution in [0.2, 0.25) is 0 Å². The first kappa shape index (κ1) is 12.9. The number of piperazine rings is 1. The van der Waals surface area contributed by atoms with E-state index in [1.165, 1.54) is 25.7 Å². The molecule has 17 heavy (non-hydrogen) atoms. The van der Waals surface area contributed by atoms with Gasteiger partial charge in [-0.1, -0.05) is 32.6 Å². The summed E-state index contributed by atoms with van der Waals surface area (Å²) in [5.41, 5.74) is 0. The Balaban J connectivity index is 1.66. The number of amides is 1. The summed E-state index contributed by atoms with van der Waals surface area (Å²) < 4.78 is 0. The molecule has 2 rings (SSSR count). The van der Waals surface area contributed by atoms with Gasteiger partial charge in [0.15, 0.2) is 0 Å². The topological polar surface area (TPSA) is 23.6 Å². The maximum atomic E-state index is 12.1. The van der Waals surface area contributed by atoms with Crippen LogP contribution in [0, 0.1) is 5.92 Å². The van der Waals surface area contributed by atoms with Gasteiger partial charge in [0, 0.05) is 32.6 Å². The standard InChI is InChI=1S/C14H26N2O/c1-2-15-9-11-16(12-10-15)14(17)8-7-13-5-3-4-6-13/h13H,2-12H2,1H3. The van der Waals surface area contributed by atoms with Gasteiger partial charge in [-0.15, -0.1) is 0 Å². The van der Waals surface area contributed by atoms with Crippen LogP contribution in [0.1, 0.15) is 45.4 Å². The zero-order chi connectivity index (χ0) is 12.1. The van der Waals surface area contributed by atoms with E-state index in [9.17, 15) is 4.79 Å². The zero-order valence-corrected chi connectivity index (χ0v) is 11.2. The van der Waals surface area contributed by atoms with Gasteiger partial charge < -0.3 is 9.80 Å². The molecular weight excluding hydrogens is 212 g/mol. The molecule has 1 saturated heterocycles. The molecule has 1 aliphatic heterocycles. The summed E-state index contributed by atoms with van der Waals surface area (Å²) in [7, 11) is 0. The Kier molecular flexibility index (Phi) is 4.84. The van der Waals surface area contributed by atoms with Crippen LogP contribution in [0.25, 0.3) is 0 Å². The number of nitrogens with zero attached hydrogens (tertiary/aromatic N) is 2. The molecule has 3 nitrogen and oxygen atoms in total. The number of hydrogen-bond donors (Lipinski definition) is 0. The van der Waals surface area contributed by atoms with Crippen LogP contribution in [0.3, 0.4) is 0 Å². The average Bonchev–Trinajstić information content (AvgIpc) is 2.89. The SMILES string of the molecule is CCN1CCN(C(=O)CCC2CCCC2)CC1. The van der Waals surface area contributed by atoms with Gasteiger partial charge in [0.05, 0.1) is 0 Å². The fourth-order valence-electron chi connectivity index (χ4n) is 3.10. The number of carbonyl (C=O) groups excluding carboxylic acids is 1. The molecular formula is C14H26N2O. The van der Waals surface area contributed by atoms with E-state index < -0.39 is 0 Å². The third-order valence-corrected chi connectivity index (χ3v) is 4.41. The summed E-state index contributed by atoms with van der Waals surface area (Å²) in [4.78, 5) is 16.5. The molecule has 2 aliphatic rings. The van der Waals surface area contributed by atoms with Crippen LogP contribution in [-0.4, -0.2) is 48.4 Å². The van der Waals surface area contributed by atoms with Crippen molar-refractivity contribution >= 4 is 5.91 Å². The fourth-order valence-corrected chi connectivity index (χ4v) is 3.10. The predicted octanol–water partition coefficient (Wildman–Crippen LogP) is 2.12. The summed E-state index contributed by atoms with van der Waals surface area (Å²) in [5, 5.41) is 0. The van der Waals surface area contributed by atoms with E-state index in [0.717, 1.165) is 51.5 Å². The molecule has 3 heteroatoms. The molecule has 0 bridgehead atoms. The largest absolute Gasteiger partial charge is 0.340 e. The molecule has 0 aromatic rings. The molecule has 98 valence electrons. The number of hydrogen-bond acceptors (Lipinski definition) is 2. The maximum absolute atomic E-state index is 12.1. The van der Waals surface area contributed by atoms with Gasteiger partial charge in [0.2, 0.25) is 5.91 Å². The van der Waals surface area contributed by atoms with E-state index in [1.54, 1.807) is 0 Å². The van der Waals surface area contributed by atoms with E-state index in [-0.39, 0.29) is 0 Å². The normalized spacial score (nSPS) is 23.2. The van der Waals surface area contributed by atoms with Gasteiger partial charge in [0.25, 0.3) is 0 Å². The fraction of sp³-hybridized carbons (Fsp3) is 0.929. The van der Waals surface area contributed by atoms with Crippen molar-refractivity contribution in [3.8, 4) is 0 Å². The summed E-state index contributed by atoms with van der Waals surface area (Å²) in [6.07, 6.45) is 7.40. The van der Waals surface area contributed by atoms with E-state index in [0.29, 0.717) is 5.91 Å². The van der Waals surface area contributed by atoms with Crippen molar-refractivity contribution in [3.63, 3.8) is 0 Å². The van der Waals surface area contributed by atoms with Crippen LogP contribution < -0.4 is 0 Å². The highest BCUT2D eigenvalue weighted by molar-refractivity contribution is 5.76. The van der Waals surface area contributed by atoms with Crippen LogP contribution in [0.5, 0.6) is 0 Å². The number of likely N-dealkylation sites (N-methyl/N-ethyl adjacent to an activating group) is 1. The molecule has 0 radical (unpaired) electrons. The van der Waals surface area contributed by atoms with Crippen LogP contribution in [-0.2, 0) is 4.79 Å². The summed E-state index contributed by atoms with van der Waals surface area (Å²) >= 11 is 0. The second kappa shape index (κ2) is 6.39. The van der Waals surface area contributed by atoms with Crippen molar-refractivity contribution in [2.24, 2.45) is 5.92 Å². The molecule has 1 aliphatic carbocycles. The monoisotopic (exact) mass is 238 g/mol. The average molecular weight is 238 g/mol. The third kappa shape index (κ3) is 3.70. The summed E-state index contributed by atoms with van der Waals surface area (Å²) in [6.45, 7) is 7.31. The highest BCUT2D eigenvalue weighted by Gasteiger charge is 2.22. The van der Waals surface area contributed by atoms with Crippen molar-refractivity contribution in [1.29, 1.82) is 0 Å². The zero-order valence-electron chi connectivity index (χ0n) is 11.2. The highest BCUT2D eigenvalue weighted by Crippen LogP contribution is 2.28. The van der Waals surface area contributed by atoms with Gasteiger partial charge in [-0.3, -0.25) is 4.79 Å². The van der Waals surface area contributed by atoms with Gasteiger partial charge in [-0.2, -0.15) is 0 Å². The Hall–Kier alpha value is -0.570. The smallest absolute Gasteiger partial charge is 0.222 e. The quantitative estimate of drug-likeness (QED) is 0.749. The van der Waals surface area contributed by atoms with E-state index in [4.69, 9.17) is 0 Å². The first-order chi connectivity index (χ1) is 8.29. The summed E-state index contributed by atoms with van der Waals surface area (Å²) in [5.74, 6) is 1.24. The molecule has 2 fully saturated rings. The van der Waals surface area contributed by atoms with Crippen molar-refractivity contribution in [2.45, 2.75) is 45.4 Å². The molecule has 0 unspecified atom stereocenters. The first-order valence-electron chi connectivity index (χ1n) is 7.29. The molecule has 1 heterocycles. The Morgan fingerprint density at radius 1 is 1.12 bits per heavy atom. The lowest BCUT2D eigenvalue weighted by atomic mass is 10.0. The van der Waals surface area contributed by atoms with Gasteiger partial charge in [-0.05, 0) is 18.9 Å². The second-order valence-electron chi connectivity index (χ2n) is 5.50. The maximum Gasteiger partial charge on any atom is 0.222 e. The molecule has 0 atom stereocenters. The third-order valence-electron chi connectivity index (χ3n) is 4.41. The van der Waals surface area contributed by atoms with Crippen molar-refractivity contribution in [3.05, 3.63) is 0 Å². The molecule has 1 saturated carbocycles. The van der Waals surface area contributed by atoms with E-state index in [2.05, 4.69) is 16.7 Å². The van der Waals surface area contributed by atoms with Crippen LogP contribution >= 0.6 is 0 Å². The van der Waals surface area contributed by atoms with Crippen LogP contribution in [0.15, 0.2) is 0 Å². The molecule has 0 spiro atoms. The Morgan fingerprint density at radius 2 is 1.76 bits per heavy atom. The highest BCUT2D eigenvalue weighted by atomic mass is 16.2. The van der Waals surface area contributed by atoms with Crippen molar-refractivity contribution in [1.82, 2.24) is 9.80 Å². The lowest BCUT2D eigenvalue weighted by Crippen LogP contribution is -2.48. The summed E-state index contributed by atoms with van der Waals surface area (Å²) in [6, 6.07) is 0. The Bertz CT molecular complexity index is 241. The van der Waals surface area contributed by atoms with Gasteiger partial charge in [-0.25, -0.2) is 0 Å². The Morgan fingerprint density at radius 3 is 2.35 bits per heavy atom. The molecule has 0 aromatic heterocycles. The van der Waals surface area contributed by atoms with Gasteiger partial charge >= 0.3 is 0 Å². The molecule has 1 amide bonds. The lowest BCUT2D eigenvalue weighted by molar-refractivity contribution is -0.133. The first-order valence-corrected chi connectivity index (χ1v) is 7.29. The van der Waals surface area contributed by atoms with Crippen molar-refractivity contribution in [2.75, 3.05) is 32.7 Å². The minimum absolute atomic E-state index is 0.396. The van der Waals surface area contributed by atoms with Gasteiger partial charge in [0.1, 0.15) is 0 Å². The second-order valence-corrected chi connectivity index (χ2v) is 5.50. The van der Waals surface area contributed by atoms with Crippen molar-refractivity contribution < 1.29 is 4.79 Å². The Labute approximate surface area is 105 Å². The minimum Gasteiger partial charge on any atom is -0.340 e. The molecule has 0 aromatic carbocycles. The lowest BCUT2D eigenvalue weighted by Gasteiger charge is -2.34. The molecule has 0 N–H and O–H groups in total.